The number of pyridine rings is 2. The van der Waals surface area contributed by atoms with Crippen molar-refractivity contribution < 1.29 is 24.5 Å². The van der Waals surface area contributed by atoms with Crippen molar-refractivity contribution in [1.29, 1.82) is 0 Å². The molecule has 0 saturated heterocycles. The van der Waals surface area contributed by atoms with Crippen molar-refractivity contribution in [2.75, 3.05) is 38.2 Å². The summed E-state index contributed by atoms with van der Waals surface area (Å²) in [7, 11) is 0. The molecule has 0 bridgehead atoms. The molecule has 2 heterocycles. The van der Waals surface area contributed by atoms with Crippen LogP contribution >= 0.6 is 0 Å². The van der Waals surface area contributed by atoms with E-state index < -0.39 is 5.97 Å². The Bertz CT molecular complexity index is 1410. The highest BCUT2D eigenvalue weighted by molar-refractivity contribution is 6.10. The molecule has 2 aromatic heterocycles. The van der Waals surface area contributed by atoms with E-state index in [2.05, 4.69) is 25.9 Å². The number of carbonyl (C=O) groups excluding carboxylic acids is 1. The lowest BCUT2D eigenvalue weighted by atomic mass is 10.1. The van der Waals surface area contributed by atoms with Crippen molar-refractivity contribution in [3.8, 4) is 5.75 Å². The normalized spacial score (nSPS) is 11.0. The van der Waals surface area contributed by atoms with E-state index >= 15 is 0 Å². The molecular weight excluding hydrogens is 486 g/mol. The molecule has 5 N–H and O–H groups in total. The SMILES string of the molecule is O=C(CCNCc1cccc(OCCO)c1)NCCCNc1nc2cc(C(=O)O)ccc2c2cnccc12. The van der Waals surface area contributed by atoms with Gasteiger partial charge in [0.1, 0.15) is 18.2 Å². The number of aliphatic hydroxyl groups is 1. The lowest BCUT2D eigenvalue weighted by molar-refractivity contribution is -0.121. The van der Waals surface area contributed by atoms with Crippen molar-refractivity contribution in [1.82, 2.24) is 20.6 Å². The van der Waals surface area contributed by atoms with Crippen LogP contribution in [0, 0.1) is 0 Å². The quantitative estimate of drug-likeness (QED) is 0.126. The Morgan fingerprint density at radius 2 is 1.87 bits per heavy atom. The summed E-state index contributed by atoms with van der Waals surface area (Å²) in [5.41, 5.74) is 1.80. The highest BCUT2D eigenvalue weighted by Crippen LogP contribution is 2.29. The van der Waals surface area contributed by atoms with E-state index in [0.29, 0.717) is 56.1 Å². The number of hydrogen-bond donors (Lipinski definition) is 5. The number of carboxylic acid groups (broad SMARTS) is 1. The number of anilines is 1. The molecule has 4 rings (SSSR count). The minimum absolute atomic E-state index is 0.0286. The second-order valence-corrected chi connectivity index (χ2v) is 8.70. The van der Waals surface area contributed by atoms with E-state index in [1.165, 1.54) is 0 Å². The fourth-order valence-corrected chi connectivity index (χ4v) is 4.07. The fourth-order valence-electron chi connectivity index (χ4n) is 4.07. The Morgan fingerprint density at radius 3 is 2.71 bits per heavy atom. The first-order valence-electron chi connectivity index (χ1n) is 12.5. The van der Waals surface area contributed by atoms with Crippen LogP contribution in [0.25, 0.3) is 21.7 Å². The van der Waals surface area contributed by atoms with Gasteiger partial charge in [-0.3, -0.25) is 9.78 Å². The monoisotopic (exact) mass is 517 g/mol. The number of rotatable bonds is 14. The molecule has 0 aliphatic heterocycles. The number of aromatic nitrogens is 2. The van der Waals surface area contributed by atoms with Crippen LogP contribution in [0.2, 0.25) is 0 Å². The van der Waals surface area contributed by atoms with Gasteiger partial charge in [-0.25, -0.2) is 9.78 Å². The molecule has 0 aliphatic rings. The van der Waals surface area contributed by atoms with E-state index in [1.54, 1.807) is 30.6 Å². The summed E-state index contributed by atoms with van der Waals surface area (Å²) in [5, 5.41) is 30.3. The molecule has 4 aromatic rings. The molecule has 0 radical (unpaired) electrons. The van der Waals surface area contributed by atoms with E-state index in [4.69, 9.17) is 9.84 Å². The van der Waals surface area contributed by atoms with Crippen LogP contribution in [0.5, 0.6) is 5.75 Å². The maximum absolute atomic E-state index is 12.2. The average Bonchev–Trinajstić information content (AvgIpc) is 2.94. The van der Waals surface area contributed by atoms with Crippen molar-refractivity contribution in [2.24, 2.45) is 0 Å². The molecule has 38 heavy (non-hydrogen) atoms. The molecular formula is C28H31N5O5. The van der Waals surface area contributed by atoms with Crippen LogP contribution in [-0.4, -0.2) is 64.9 Å². The number of ether oxygens (including phenoxy) is 1. The van der Waals surface area contributed by atoms with Gasteiger partial charge < -0.3 is 30.9 Å². The van der Waals surface area contributed by atoms with Crippen molar-refractivity contribution >= 4 is 39.4 Å². The summed E-state index contributed by atoms with van der Waals surface area (Å²) in [5.74, 6) is 0.328. The first kappa shape index (κ1) is 26.8. The molecule has 0 saturated carbocycles. The smallest absolute Gasteiger partial charge is 0.335 e. The van der Waals surface area contributed by atoms with Gasteiger partial charge in [-0.15, -0.1) is 0 Å². The molecule has 1 amide bonds. The Hall–Kier alpha value is -4.28. The van der Waals surface area contributed by atoms with Gasteiger partial charge in [0.05, 0.1) is 17.7 Å². The standard InChI is InChI=1S/C28H31N5O5/c34-13-14-38-21-4-1-3-19(15-21)17-29-12-8-26(35)31-9-2-10-32-27-23-7-11-30-18-24(23)22-6-5-20(28(36)37)16-25(22)33-27/h1,3-7,11,15-16,18,29,34H,2,8-10,12-14,17H2,(H,31,35)(H,32,33)(H,36,37). The highest BCUT2D eigenvalue weighted by Gasteiger charge is 2.11. The number of fused-ring (bicyclic) bond motifs is 3. The van der Waals surface area contributed by atoms with Gasteiger partial charge in [-0.05, 0) is 42.3 Å². The zero-order valence-corrected chi connectivity index (χ0v) is 20.9. The van der Waals surface area contributed by atoms with Crippen LogP contribution < -0.4 is 20.7 Å². The zero-order chi connectivity index (χ0) is 26.7. The molecule has 198 valence electrons. The number of nitrogens with zero attached hydrogens (tertiary/aromatic N) is 2. The molecule has 10 heteroatoms. The third-order valence-electron chi connectivity index (χ3n) is 5.93. The van der Waals surface area contributed by atoms with Crippen molar-refractivity contribution in [2.45, 2.75) is 19.4 Å². The van der Waals surface area contributed by atoms with Gasteiger partial charge in [0, 0.05) is 61.2 Å². The van der Waals surface area contributed by atoms with E-state index in [0.717, 1.165) is 21.7 Å². The zero-order valence-electron chi connectivity index (χ0n) is 20.9. The number of amides is 1. The third kappa shape index (κ3) is 7.15. The summed E-state index contributed by atoms with van der Waals surface area (Å²) in [4.78, 5) is 32.4. The number of aliphatic hydroxyl groups excluding tert-OH is 1. The van der Waals surface area contributed by atoms with Crippen LogP contribution in [0.3, 0.4) is 0 Å². The lowest BCUT2D eigenvalue weighted by Crippen LogP contribution is -2.29. The first-order valence-corrected chi connectivity index (χ1v) is 12.5. The van der Waals surface area contributed by atoms with E-state index in [9.17, 15) is 14.7 Å². The maximum Gasteiger partial charge on any atom is 0.335 e. The van der Waals surface area contributed by atoms with Gasteiger partial charge >= 0.3 is 5.97 Å². The van der Waals surface area contributed by atoms with Crippen LogP contribution in [0.4, 0.5) is 5.82 Å². The molecule has 0 unspecified atom stereocenters. The summed E-state index contributed by atoms with van der Waals surface area (Å²) in [6.45, 7) is 2.49. The number of carbonyl (C=O) groups is 2. The van der Waals surface area contributed by atoms with Crippen molar-refractivity contribution in [3.05, 3.63) is 72.1 Å². The Morgan fingerprint density at radius 1 is 0.974 bits per heavy atom. The third-order valence-corrected chi connectivity index (χ3v) is 5.93. The minimum Gasteiger partial charge on any atom is -0.491 e. The van der Waals surface area contributed by atoms with Gasteiger partial charge in [-0.2, -0.15) is 0 Å². The first-order chi connectivity index (χ1) is 18.5. The molecule has 2 aromatic carbocycles. The predicted molar refractivity (Wildman–Crippen MR) is 145 cm³/mol. The summed E-state index contributed by atoms with van der Waals surface area (Å²) in [6.07, 6.45) is 4.51. The lowest BCUT2D eigenvalue weighted by Gasteiger charge is -2.12. The van der Waals surface area contributed by atoms with Gasteiger partial charge in [0.15, 0.2) is 0 Å². The number of benzene rings is 2. The summed E-state index contributed by atoms with van der Waals surface area (Å²) < 4.78 is 5.41. The maximum atomic E-state index is 12.2. The Kier molecular flexibility index (Phi) is 9.38. The summed E-state index contributed by atoms with van der Waals surface area (Å²) in [6, 6.07) is 14.4. The average molecular weight is 518 g/mol. The topological polar surface area (TPSA) is 146 Å². The molecule has 10 nitrogen and oxygen atoms in total. The van der Waals surface area contributed by atoms with Crippen molar-refractivity contribution in [3.63, 3.8) is 0 Å². The fraction of sp³-hybridized carbons (Fsp3) is 0.286. The van der Waals surface area contributed by atoms with E-state index in [1.807, 2.05) is 30.3 Å². The second-order valence-electron chi connectivity index (χ2n) is 8.70. The molecule has 0 spiro atoms. The number of hydrogen-bond acceptors (Lipinski definition) is 8. The highest BCUT2D eigenvalue weighted by atomic mass is 16.5. The second kappa shape index (κ2) is 13.3. The predicted octanol–water partition coefficient (Wildman–Crippen LogP) is 2.95. The number of aromatic carboxylic acids is 1. The van der Waals surface area contributed by atoms with Crippen LogP contribution in [0.15, 0.2) is 60.9 Å². The van der Waals surface area contributed by atoms with Crippen LogP contribution in [-0.2, 0) is 11.3 Å². The van der Waals surface area contributed by atoms with Crippen LogP contribution in [0.1, 0.15) is 28.8 Å². The van der Waals surface area contributed by atoms with Gasteiger partial charge in [0.2, 0.25) is 5.91 Å². The minimum atomic E-state index is -1.00. The molecule has 0 fully saturated rings. The summed E-state index contributed by atoms with van der Waals surface area (Å²) >= 11 is 0. The molecule has 0 aliphatic carbocycles. The molecule has 0 atom stereocenters. The number of nitrogens with one attached hydrogen (secondary N) is 3. The van der Waals surface area contributed by atoms with E-state index in [-0.39, 0.29) is 24.7 Å². The van der Waals surface area contributed by atoms with Gasteiger partial charge in [-0.1, -0.05) is 18.2 Å². The number of carboxylic acids is 1. The Balaban J connectivity index is 1.21. The Labute approximate surface area is 220 Å². The van der Waals surface area contributed by atoms with Gasteiger partial charge in [0.25, 0.3) is 0 Å². The largest absolute Gasteiger partial charge is 0.491 e.